The van der Waals surface area contributed by atoms with Crippen LogP contribution in [0.5, 0.6) is 5.75 Å². The third-order valence-electron chi connectivity index (χ3n) is 5.24. The Morgan fingerprint density at radius 3 is 2.81 bits per heavy atom. The molecule has 1 atom stereocenters. The fourth-order valence-corrected chi connectivity index (χ4v) is 5.40. The number of nitrogens with zero attached hydrogens (tertiary/aromatic N) is 3. The molecule has 7 nitrogen and oxygen atoms in total. The number of piperidine rings is 1. The Hall–Kier alpha value is -2.03. The first-order valence-corrected chi connectivity index (χ1v) is 10.7. The van der Waals surface area contributed by atoms with Crippen molar-refractivity contribution in [2.75, 3.05) is 20.2 Å². The van der Waals surface area contributed by atoms with Gasteiger partial charge in [-0.2, -0.15) is 4.31 Å². The van der Waals surface area contributed by atoms with Crippen molar-refractivity contribution in [3.05, 3.63) is 47.5 Å². The predicted molar refractivity (Wildman–Crippen MR) is 101 cm³/mol. The van der Waals surface area contributed by atoms with Crippen molar-refractivity contribution in [2.24, 2.45) is 0 Å². The molecule has 1 aromatic carbocycles. The first-order chi connectivity index (χ1) is 13.1. The summed E-state index contributed by atoms with van der Waals surface area (Å²) in [4.78, 5) is 9.54. The van der Waals surface area contributed by atoms with E-state index in [1.165, 1.54) is 0 Å². The van der Waals surface area contributed by atoms with E-state index in [9.17, 15) is 8.42 Å². The van der Waals surface area contributed by atoms with Crippen molar-refractivity contribution >= 4 is 10.0 Å². The van der Waals surface area contributed by atoms with Crippen LogP contribution in [0.25, 0.3) is 0 Å². The summed E-state index contributed by atoms with van der Waals surface area (Å²) in [5.41, 5.74) is 2.14. The van der Waals surface area contributed by atoms with Crippen LogP contribution >= 0.6 is 0 Å². The average molecular weight is 388 g/mol. The van der Waals surface area contributed by atoms with Crippen molar-refractivity contribution < 1.29 is 13.2 Å². The molecule has 0 unspecified atom stereocenters. The molecule has 1 saturated heterocycles. The lowest BCUT2D eigenvalue weighted by atomic mass is 10.0. The quantitative estimate of drug-likeness (QED) is 0.863. The van der Waals surface area contributed by atoms with E-state index in [1.807, 2.05) is 6.20 Å². The predicted octanol–water partition coefficient (Wildman–Crippen LogP) is 2.05. The SMILES string of the molecule is COc1ccc(S(=O)(=O)N2CCCC[C@H]2c2ncc3c(n2)CCNC3)cc1. The molecule has 0 spiro atoms. The Morgan fingerprint density at radius 1 is 1.22 bits per heavy atom. The third kappa shape index (κ3) is 3.56. The van der Waals surface area contributed by atoms with Crippen molar-refractivity contribution in [1.29, 1.82) is 0 Å². The average Bonchev–Trinajstić information content (AvgIpc) is 2.73. The van der Waals surface area contributed by atoms with Crippen molar-refractivity contribution in [2.45, 2.75) is 43.2 Å². The van der Waals surface area contributed by atoms with Gasteiger partial charge < -0.3 is 10.1 Å². The number of sulfonamides is 1. The lowest BCUT2D eigenvalue weighted by molar-refractivity contribution is 0.245. The van der Waals surface area contributed by atoms with Crippen LogP contribution in [0.3, 0.4) is 0 Å². The Labute approximate surface area is 159 Å². The molecule has 0 aliphatic carbocycles. The van der Waals surface area contributed by atoms with E-state index in [4.69, 9.17) is 9.72 Å². The molecule has 0 radical (unpaired) electrons. The van der Waals surface area contributed by atoms with Crippen LogP contribution in [0.2, 0.25) is 0 Å². The molecule has 0 amide bonds. The van der Waals surface area contributed by atoms with E-state index in [2.05, 4.69) is 10.3 Å². The fourth-order valence-electron chi connectivity index (χ4n) is 3.75. The molecule has 2 aromatic rings. The lowest BCUT2D eigenvalue weighted by Crippen LogP contribution is -2.39. The van der Waals surface area contributed by atoms with E-state index in [1.54, 1.807) is 35.7 Å². The van der Waals surface area contributed by atoms with Crippen LogP contribution in [-0.2, 0) is 23.0 Å². The molecule has 4 rings (SSSR count). The highest BCUT2D eigenvalue weighted by Crippen LogP contribution is 2.34. The van der Waals surface area contributed by atoms with E-state index in [-0.39, 0.29) is 10.9 Å². The van der Waals surface area contributed by atoms with Crippen LogP contribution in [0.1, 0.15) is 42.4 Å². The molecule has 27 heavy (non-hydrogen) atoms. The van der Waals surface area contributed by atoms with Gasteiger partial charge in [0.05, 0.1) is 18.0 Å². The maximum Gasteiger partial charge on any atom is 0.243 e. The van der Waals surface area contributed by atoms with Crippen molar-refractivity contribution in [3.63, 3.8) is 0 Å². The molecular formula is C19H24N4O3S. The standard InChI is InChI=1S/C19H24N4O3S/c1-26-15-5-7-16(8-6-15)27(24,25)23-11-3-2-4-18(23)19-21-13-14-12-20-10-9-17(14)22-19/h5-8,13,18,20H,2-4,9-12H2,1H3/t18-/m0/s1. The second kappa shape index (κ2) is 7.53. The van der Waals surface area contributed by atoms with Gasteiger partial charge >= 0.3 is 0 Å². The van der Waals surface area contributed by atoms with Gasteiger partial charge in [-0.15, -0.1) is 0 Å². The Morgan fingerprint density at radius 2 is 2.04 bits per heavy atom. The fraction of sp³-hybridized carbons (Fsp3) is 0.474. The summed E-state index contributed by atoms with van der Waals surface area (Å²) in [5.74, 6) is 1.25. The van der Waals surface area contributed by atoms with E-state index >= 15 is 0 Å². The molecular weight excluding hydrogens is 364 g/mol. The van der Waals surface area contributed by atoms with Gasteiger partial charge in [0.2, 0.25) is 10.0 Å². The van der Waals surface area contributed by atoms with Gasteiger partial charge in [-0.05, 0) is 37.1 Å². The van der Waals surface area contributed by atoms with E-state index in [0.29, 0.717) is 18.1 Å². The van der Waals surface area contributed by atoms with Crippen LogP contribution in [0.4, 0.5) is 0 Å². The highest BCUT2D eigenvalue weighted by atomic mass is 32.2. The zero-order valence-corrected chi connectivity index (χ0v) is 16.2. The number of hydrogen-bond acceptors (Lipinski definition) is 6. The molecule has 144 valence electrons. The summed E-state index contributed by atoms with van der Waals surface area (Å²) >= 11 is 0. The summed E-state index contributed by atoms with van der Waals surface area (Å²) in [6.07, 6.45) is 5.26. The number of fused-ring (bicyclic) bond motifs is 1. The normalized spacial score (nSPS) is 20.9. The molecule has 1 aromatic heterocycles. The van der Waals surface area contributed by atoms with Gasteiger partial charge in [0.1, 0.15) is 11.6 Å². The molecule has 2 aliphatic heterocycles. The minimum absolute atomic E-state index is 0.275. The number of methoxy groups -OCH3 is 1. The van der Waals surface area contributed by atoms with Crippen LogP contribution in [0.15, 0.2) is 35.4 Å². The summed E-state index contributed by atoms with van der Waals surface area (Å²) in [7, 11) is -2.06. The number of benzene rings is 1. The maximum absolute atomic E-state index is 13.3. The van der Waals surface area contributed by atoms with Crippen LogP contribution < -0.4 is 10.1 Å². The number of hydrogen-bond donors (Lipinski definition) is 1. The van der Waals surface area contributed by atoms with Gasteiger partial charge in [-0.3, -0.25) is 0 Å². The second-order valence-corrected chi connectivity index (χ2v) is 8.82. The number of nitrogens with one attached hydrogen (secondary N) is 1. The molecule has 1 N–H and O–H groups in total. The van der Waals surface area contributed by atoms with Crippen LogP contribution in [-0.4, -0.2) is 42.9 Å². The van der Waals surface area contributed by atoms with Gasteiger partial charge in [-0.1, -0.05) is 6.42 Å². The van der Waals surface area contributed by atoms with Crippen LogP contribution in [0, 0.1) is 0 Å². The van der Waals surface area contributed by atoms with Crippen molar-refractivity contribution in [3.8, 4) is 5.75 Å². The molecule has 0 bridgehead atoms. The summed E-state index contributed by atoms with van der Waals surface area (Å²) < 4.78 is 33.3. The molecule has 0 saturated carbocycles. The van der Waals surface area contributed by atoms with E-state index < -0.39 is 10.0 Å². The number of aromatic nitrogens is 2. The summed E-state index contributed by atoms with van der Waals surface area (Å²) in [6, 6.07) is 6.23. The third-order valence-corrected chi connectivity index (χ3v) is 7.17. The minimum atomic E-state index is -3.62. The van der Waals surface area contributed by atoms with Gasteiger partial charge in [0.25, 0.3) is 0 Å². The largest absolute Gasteiger partial charge is 0.497 e. The maximum atomic E-state index is 13.3. The smallest absolute Gasteiger partial charge is 0.243 e. The minimum Gasteiger partial charge on any atom is -0.497 e. The molecule has 3 heterocycles. The highest BCUT2D eigenvalue weighted by Gasteiger charge is 2.36. The monoisotopic (exact) mass is 388 g/mol. The highest BCUT2D eigenvalue weighted by molar-refractivity contribution is 7.89. The molecule has 2 aliphatic rings. The van der Waals surface area contributed by atoms with Crippen molar-refractivity contribution in [1.82, 2.24) is 19.6 Å². The molecule has 1 fully saturated rings. The summed E-state index contributed by atoms with van der Waals surface area (Å²) in [6.45, 7) is 2.15. The first-order valence-electron chi connectivity index (χ1n) is 9.31. The Bertz CT molecular complexity index is 915. The van der Waals surface area contributed by atoms with Gasteiger partial charge in [0.15, 0.2) is 0 Å². The summed E-state index contributed by atoms with van der Waals surface area (Å²) in [5, 5.41) is 3.31. The Balaban J connectivity index is 1.67. The second-order valence-electron chi connectivity index (χ2n) is 6.93. The number of rotatable bonds is 4. The lowest BCUT2D eigenvalue weighted by Gasteiger charge is -2.34. The number of ether oxygens (including phenoxy) is 1. The molecule has 8 heteroatoms. The van der Waals surface area contributed by atoms with E-state index in [0.717, 1.165) is 50.0 Å². The van der Waals surface area contributed by atoms with Gasteiger partial charge in [0, 0.05) is 43.5 Å². The zero-order chi connectivity index (χ0) is 18.9. The first kappa shape index (κ1) is 18.3. The topological polar surface area (TPSA) is 84.4 Å². The zero-order valence-electron chi connectivity index (χ0n) is 15.4. The van der Waals surface area contributed by atoms with Gasteiger partial charge in [-0.25, -0.2) is 18.4 Å². The Kier molecular flexibility index (Phi) is 5.12.